The second kappa shape index (κ2) is 6.40. The third-order valence-electron chi connectivity index (χ3n) is 4.50. The molecule has 1 atom stereocenters. The van der Waals surface area contributed by atoms with Gasteiger partial charge in [0.15, 0.2) is 0 Å². The predicted molar refractivity (Wildman–Crippen MR) is 85.0 cm³/mol. The Morgan fingerprint density at radius 2 is 1.57 bits per heavy atom. The summed E-state index contributed by atoms with van der Waals surface area (Å²) in [5.74, 6) is 0.0820. The van der Waals surface area contributed by atoms with Gasteiger partial charge in [0, 0.05) is 5.92 Å². The van der Waals surface area contributed by atoms with Gasteiger partial charge >= 0.3 is 0 Å². The first-order valence-corrected chi connectivity index (χ1v) is 7.85. The monoisotopic (exact) mass is 283 g/mol. The lowest BCUT2D eigenvalue weighted by Crippen LogP contribution is -2.11. The minimum atomic E-state index is -0.185. The fourth-order valence-corrected chi connectivity index (χ4v) is 3.36. The topological polar surface area (TPSA) is 26.0 Å². The van der Waals surface area contributed by atoms with Crippen LogP contribution >= 0.6 is 0 Å². The van der Waals surface area contributed by atoms with Crippen LogP contribution in [0.25, 0.3) is 0 Å². The molecule has 110 valence electrons. The van der Waals surface area contributed by atoms with Gasteiger partial charge < -0.3 is 5.73 Å². The summed E-state index contributed by atoms with van der Waals surface area (Å²) in [7, 11) is 0. The lowest BCUT2D eigenvalue weighted by Gasteiger charge is -2.21. The molecule has 2 aromatic carbocycles. The lowest BCUT2D eigenvalue weighted by molar-refractivity contribution is 0.625. The molecule has 1 unspecified atom stereocenters. The Kier molecular flexibility index (Phi) is 4.35. The van der Waals surface area contributed by atoms with Crippen LogP contribution < -0.4 is 5.73 Å². The maximum atomic E-state index is 13.1. The van der Waals surface area contributed by atoms with E-state index in [0.717, 1.165) is 12.0 Å². The third-order valence-corrected chi connectivity index (χ3v) is 4.50. The van der Waals surface area contributed by atoms with Crippen molar-refractivity contribution in [2.45, 2.75) is 38.0 Å². The van der Waals surface area contributed by atoms with Crippen LogP contribution in [0.2, 0.25) is 0 Å². The largest absolute Gasteiger partial charge is 0.330 e. The van der Waals surface area contributed by atoms with E-state index in [2.05, 4.69) is 18.2 Å². The molecule has 2 heteroatoms. The number of hydrogen-bond acceptors (Lipinski definition) is 1. The quantitative estimate of drug-likeness (QED) is 0.894. The minimum Gasteiger partial charge on any atom is -0.330 e. The molecule has 0 spiro atoms. The summed E-state index contributed by atoms with van der Waals surface area (Å²) >= 11 is 0. The van der Waals surface area contributed by atoms with Crippen LogP contribution in [0.15, 0.2) is 42.5 Å². The number of halogens is 1. The van der Waals surface area contributed by atoms with Crippen molar-refractivity contribution in [3.63, 3.8) is 0 Å². The van der Waals surface area contributed by atoms with E-state index in [4.69, 9.17) is 5.73 Å². The normalized spacial score (nSPS) is 15.5. The van der Waals surface area contributed by atoms with Gasteiger partial charge in [-0.3, -0.25) is 0 Å². The number of fused-ring (bicyclic) bond motifs is 1. The predicted octanol–water partition coefficient (Wildman–Crippen LogP) is 4.19. The van der Waals surface area contributed by atoms with Crippen molar-refractivity contribution in [2.24, 2.45) is 5.73 Å². The average molecular weight is 283 g/mol. The molecule has 0 amide bonds. The summed E-state index contributed by atoms with van der Waals surface area (Å²) in [6, 6.07) is 13.7. The summed E-state index contributed by atoms with van der Waals surface area (Å²) in [6.45, 7) is 0.638. The summed E-state index contributed by atoms with van der Waals surface area (Å²) in [5, 5.41) is 0. The molecule has 0 fully saturated rings. The van der Waals surface area contributed by atoms with E-state index in [9.17, 15) is 4.39 Å². The van der Waals surface area contributed by atoms with Crippen molar-refractivity contribution < 1.29 is 4.39 Å². The average Bonchev–Trinajstić information content (AvgIpc) is 2.53. The standard InChI is InChI=1S/C19H22FN/c20-18-9-7-15(8-10-18)19(11-12-21)17-6-5-14-3-1-2-4-16(14)13-17/h5-10,13,19H,1-4,11-12,21H2. The Hall–Kier alpha value is -1.67. The van der Waals surface area contributed by atoms with E-state index in [1.165, 1.54) is 54.5 Å². The highest BCUT2D eigenvalue weighted by Crippen LogP contribution is 2.31. The second-order valence-corrected chi connectivity index (χ2v) is 5.92. The van der Waals surface area contributed by atoms with Crippen molar-refractivity contribution in [1.82, 2.24) is 0 Å². The first-order chi connectivity index (χ1) is 10.3. The van der Waals surface area contributed by atoms with Crippen molar-refractivity contribution in [1.29, 1.82) is 0 Å². The first kappa shape index (κ1) is 14.3. The zero-order valence-corrected chi connectivity index (χ0v) is 12.3. The number of benzene rings is 2. The van der Waals surface area contributed by atoms with Gasteiger partial charge in [-0.05, 0) is 73.0 Å². The van der Waals surface area contributed by atoms with E-state index >= 15 is 0 Å². The van der Waals surface area contributed by atoms with E-state index in [1.807, 2.05) is 12.1 Å². The summed E-state index contributed by atoms with van der Waals surface area (Å²) < 4.78 is 13.1. The van der Waals surface area contributed by atoms with Crippen LogP contribution in [-0.2, 0) is 12.8 Å². The molecule has 0 heterocycles. The van der Waals surface area contributed by atoms with E-state index in [1.54, 1.807) is 0 Å². The van der Waals surface area contributed by atoms with Gasteiger partial charge in [-0.25, -0.2) is 4.39 Å². The van der Waals surface area contributed by atoms with Crippen LogP contribution in [-0.4, -0.2) is 6.54 Å². The minimum absolute atomic E-state index is 0.185. The van der Waals surface area contributed by atoms with Gasteiger partial charge in [0.25, 0.3) is 0 Å². The molecule has 3 rings (SSSR count). The molecule has 0 saturated heterocycles. The van der Waals surface area contributed by atoms with Crippen LogP contribution in [0.5, 0.6) is 0 Å². The second-order valence-electron chi connectivity index (χ2n) is 5.92. The Labute approximate surface area is 126 Å². The molecule has 1 nitrogen and oxygen atoms in total. The van der Waals surface area contributed by atoms with E-state index < -0.39 is 0 Å². The van der Waals surface area contributed by atoms with Gasteiger partial charge in [-0.1, -0.05) is 30.3 Å². The van der Waals surface area contributed by atoms with E-state index in [-0.39, 0.29) is 11.7 Å². The number of aryl methyl sites for hydroxylation is 2. The third kappa shape index (κ3) is 3.16. The fraction of sp³-hybridized carbons (Fsp3) is 0.368. The number of nitrogens with two attached hydrogens (primary N) is 1. The molecule has 0 radical (unpaired) electrons. The van der Waals surface area contributed by atoms with Gasteiger partial charge in [0.1, 0.15) is 5.82 Å². The number of rotatable bonds is 4. The molecule has 0 bridgehead atoms. The zero-order valence-electron chi connectivity index (χ0n) is 12.3. The molecule has 0 saturated carbocycles. The smallest absolute Gasteiger partial charge is 0.123 e. The zero-order chi connectivity index (χ0) is 14.7. The highest BCUT2D eigenvalue weighted by atomic mass is 19.1. The molecule has 21 heavy (non-hydrogen) atoms. The van der Waals surface area contributed by atoms with Crippen LogP contribution in [0.3, 0.4) is 0 Å². The van der Waals surface area contributed by atoms with Gasteiger partial charge in [-0.2, -0.15) is 0 Å². The molecule has 0 aromatic heterocycles. The molecule has 2 N–H and O–H groups in total. The van der Waals surface area contributed by atoms with Gasteiger partial charge in [0.2, 0.25) is 0 Å². The Morgan fingerprint density at radius 1 is 0.905 bits per heavy atom. The Balaban J connectivity index is 1.95. The fourth-order valence-electron chi connectivity index (χ4n) is 3.36. The number of hydrogen-bond donors (Lipinski definition) is 1. The van der Waals surface area contributed by atoms with Crippen LogP contribution in [0.1, 0.15) is 47.4 Å². The van der Waals surface area contributed by atoms with Gasteiger partial charge in [0.05, 0.1) is 0 Å². The van der Waals surface area contributed by atoms with E-state index in [0.29, 0.717) is 6.54 Å². The molecule has 1 aliphatic carbocycles. The molecular formula is C19H22FN. The summed E-state index contributed by atoms with van der Waals surface area (Å²) in [4.78, 5) is 0. The van der Waals surface area contributed by atoms with Crippen molar-refractivity contribution in [3.8, 4) is 0 Å². The highest BCUT2D eigenvalue weighted by molar-refractivity contribution is 5.39. The van der Waals surface area contributed by atoms with Crippen molar-refractivity contribution in [3.05, 3.63) is 70.5 Å². The molecule has 1 aliphatic rings. The van der Waals surface area contributed by atoms with Crippen LogP contribution in [0, 0.1) is 5.82 Å². The molecule has 0 aliphatic heterocycles. The van der Waals surface area contributed by atoms with Crippen molar-refractivity contribution in [2.75, 3.05) is 6.54 Å². The van der Waals surface area contributed by atoms with Crippen molar-refractivity contribution >= 4 is 0 Å². The maximum absolute atomic E-state index is 13.1. The Morgan fingerprint density at radius 3 is 2.29 bits per heavy atom. The van der Waals surface area contributed by atoms with Gasteiger partial charge in [-0.15, -0.1) is 0 Å². The van der Waals surface area contributed by atoms with Crippen LogP contribution in [0.4, 0.5) is 4.39 Å². The molecular weight excluding hydrogens is 261 g/mol. The lowest BCUT2D eigenvalue weighted by atomic mass is 9.84. The first-order valence-electron chi connectivity index (χ1n) is 7.85. The SMILES string of the molecule is NCCC(c1ccc(F)cc1)c1ccc2c(c1)CCCC2. The summed E-state index contributed by atoms with van der Waals surface area (Å²) in [6.07, 6.45) is 5.87. The molecule has 2 aromatic rings. The maximum Gasteiger partial charge on any atom is 0.123 e. The summed E-state index contributed by atoms with van der Waals surface area (Å²) in [5.41, 5.74) is 11.2. The Bertz CT molecular complexity index is 603. The highest BCUT2D eigenvalue weighted by Gasteiger charge is 2.16.